The number of benzene rings is 1. The Labute approximate surface area is 110 Å². The maximum absolute atomic E-state index is 10.9. The summed E-state index contributed by atoms with van der Waals surface area (Å²) >= 11 is 0. The number of rotatable bonds is 2. The molecule has 1 aromatic carbocycles. The highest BCUT2D eigenvalue weighted by Gasteiger charge is 2.25. The van der Waals surface area contributed by atoms with E-state index in [4.69, 9.17) is 5.11 Å². The predicted octanol–water partition coefficient (Wildman–Crippen LogP) is 0.848. The molecule has 0 radical (unpaired) electrons. The van der Waals surface area contributed by atoms with Crippen LogP contribution in [0.25, 0.3) is 0 Å². The van der Waals surface area contributed by atoms with E-state index in [0.717, 1.165) is 0 Å². The number of nitrogens with one attached hydrogen (secondary N) is 1. The molecule has 1 atom stereocenters. The number of amides is 2. The Morgan fingerprint density at radius 2 is 1.74 bits per heavy atom. The number of esters is 1. The molecule has 1 aromatic rings. The van der Waals surface area contributed by atoms with Crippen LogP contribution in [-0.2, 0) is 9.53 Å². The summed E-state index contributed by atoms with van der Waals surface area (Å²) in [5.74, 6) is -1.05. The first-order valence-corrected chi connectivity index (χ1v) is 5.75. The van der Waals surface area contributed by atoms with Gasteiger partial charge in [-0.1, -0.05) is 19.1 Å². The van der Waals surface area contributed by atoms with E-state index in [1.165, 1.54) is 6.92 Å². The second-order valence-electron chi connectivity index (χ2n) is 3.80. The fourth-order valence-corrected chi connectivity index (χ4v) is 1.39. The third-order valence-corrected chi connectivity index (χ3v) is 2.29. The predicted molar refractivity (Wildman–Crippen MR) is 66.3 cm³/mol. The molecular formula is C13H15NO5. The van der Waals surface area contributed by atoms with Crippen molar-refractivity contribution in [1.82, 2.24) is 5.32 Å². The van der Waals surface area contributed by atoms with Gasteiger partial charge in [0.2, 0.25) is 0 Å². The first kappa shape index (κ1) is 14.8. The molecule has 0 aliphatic carbocycles. The van der Waals surface area contributed by atoms with Gasteiger partial charge in [0.15, 0.2) is 6.29 Å². The zero-order chi connectivity index (χ0) is 14.4. The number of hydrogen-bond donors (Lipinski definition) is 2. The van der Waals surface area contributed by atoms with Crippen molar-refractivity contribution in [3.63, 3.8) is 0 Å². The second-order valence-corrected chi connectivity index (χ2v) is 3.80. The fraction of sp³-hybridized carbons (Fsp3) is 0.308. The average Bonchev–Trinajstić information content (AvgIpc) is 2.66. The minimum atomic E-state index is -0.924. The highest BCUT2D eigenvalue weighted by molar-refractivity contribution is 6.21. The van der Waals surface area contributed by atoms with Crippen LogP contribution in [0.15, 0.2) is 24.3 Å². The zero-order valence-electron chi connectivity index (χ0n) is 10.7. The summed E-state index contributed by atoms with van der Waals surface area (Å²) in [4.78, 5) is 31.9. The number of imide groups is 1. The number of aliphatic hydroxyl groups is 1. The summed E-state index contributed by atoms with van der Waals surface area (Å²) in [6, 6.07) is 6.74. The van der Waals surface area contributed by atoms with Crippen molar-refractivity contribution < 1.29 is 24.2 Å². The number of hydrogen-bond acceptors (Lipinski definition) is 5. The lowest BCUT2D eigenvalue weighted by molar-refractivity contribution is -0.165. The van der Waals surface area contributed by atoms with Crippen molar-refractivity contribution in [3.05, 3.63) is 35.4 Å². The number of ether oxygens (including phenoxy) is 1. The largest absolute Gasteiger partial charge is 0.436 e. The summed E-state index contributed by atoms with van der Waals surface area (Å²) in [5, 5.41) is 10.8. The summed E-state index contributed by atoms with van der Waals surface area (Å²) < 4.78 is 4.32. The zero-order valence-corrected chi connectivity index (χ0v) is 10.7. The van der Waals surface area contributed by atoms with E-state index < -0.39 is 12.3 Å². The van der Waals surface area contributed by atoms with E-state index in [1.54, 1.807) is 31.2 Å². The summed E-state index contributed by atoms with van der Waals surface area (Å²) in [7, 11) is 0. The number of aliphatic hydroxyl groups excluding tert-OH is 1. The highest BCUT2D eigenvalue weighted by Crippen LogP contribution is 2.13. The molecule has 0 fully saturated rings. The van der Waals surface area contributed by atoms with Crippen molar-refractivity contribution >= 4 is 17.8 Å². The molecule has 6 nitrogen and oxygen atoms in total. The van der Waals surface area contributed by atoms with Gasteiger partial charge in [-0.25, -0.2) is 0 Å². The summed E-state index contributed by atoms with van der Waals surface area (Å²) in [6.07, 6.45) is -0.480. The van der Waals surface area contributed by atoms with Crippen LogP contribution in [0.3, 0.4) is 0 Å². The van der Waals surface area contributed by atoms with E-state index in [9.17, 15) is 14.4 Å². The Balaban J connectivity index is 0.000000203. The van der Waals surface area contributed by atoms with Gasteiger partial charge in [0.25, 0.3) is 11.8 Å². The molecule has 0 aromatic heterocycles. The van der Waals surface area contributed by atoms with Crippen molar-refractivity contribution in [2.45, 2.75) is 26.6 Å². The topological polar surface area (TPSA) is 92.7 Å². The second kappa shape index (κ2) is 6.65. The molecule has 2 rings (SSSR count). The molecule has 2 amide bonds. The molecule has 1 unspecified atom stereocenters. The molecular weight excluding hydrogens is 250 g/mol. The molecule has 0 saturated carbocycles. The van der Waals surface area contributed by atoms with Crippen molar-refractivity contribution in [2.75, 3.05) is 0 Å². The van der Waals surface area contributed by atoms with Crippen LogP contribution >= 0.6 is 0 Å². The van der Waals surface area contributed by atoms with Crippen molar-refractivity contribution in [2.24, 2.45) is 0 Å². The molecule has 1 heterocycles. The van der Waals surface area contributed by atoms with E-state index in [1.807, 2.05) is 0 Å². The highest BCUT2D eigenvalue weighted by atomic mass is 16.6. The third-order valence-electron chi connectivity index (χ3n) is 2.29. The van der Waals surface area contributed by atoms with E-state index >= 15 is 0 Å². The van der Waals surface area contributed by atoms with Crippen LogP contribution in [0.5, 0.6) is 0 Å². The van der Waals surface area contributed by atoms with Gasteiger partial charge >= 0.3 is 5.97 Å². The smallest absolute Gasteiger partial charge is 0.304 e. The summed E-state index contributed by atoms with van der Waals surface area (Å²) in [5.41, 5.74) is 0.940. The van der Waals surface area contributed by atoms with Gasteiger partial charge in [-0.15, -0.1) is 0 Å². The minimum absolute atomic E-state index is 0.300. The SMILES string of the molecule is CCC(O)OC(C)=O.O=C1NC(=O)c2ccccc21. The lowest BCUT2D eigenvalue weighted by Crippen LogP contribution is -2.19. The monoisotopic (exact) mass is 265 g/mol. The van der Waals surface area contributed by atoms with Crippen molar-refractivity contribution in [1.29, 1.82) is 0 Å². The molecule has 1 aliphatic heterocycles. The van der Waals surface area contributed by atoms with E-state index in [2.05, 4.69) is 10.1 Å². The normalized spacial score (nSPS) is 13.8. The van der Waals surface area contributed by atoms with E-state index in [-0.39, 0.29) is 11.8 Å². The van der Waals surface area contributed by atoms with Gasteiger partial charge in [0.1, 0.15) is 0 Å². The Kier molecular flexibility index (Phi) is 5.20. The lowest BCUT2D eigenvalue weighted by Gasteiger charge is -2.05. The number of carbonyl (C=O) groups excluding carboxylic acids is 3. The van der Waals surface area contributed by atoms with Gasteiger partial charge < -0.3 is 9.84 Å². The maximum atomic E-state index is 10.9. The van der Waals surface area contributed by atoms with Crippen LogP contribution in [0, 0.1) is 0 Å². The quantitative estimate of drug-likeness (QED) is 0.470. The van der Waals surface area contributed by atoms with Crippen LogP contribution in [0.4, 0.5) is 0 Å². The first-order valence-electron chi connectivity index (χ1n) is 5.75. The van der Waals surface area contributed by atoms with Gasteiger partial charge in [-0.3, -0.25) is 19.7 Å². The van der Waals surface area contributed by atoms with Gasteiger partial charge in [-0.05, 0) is 12.1 Å². The van der Waals surface area contributed by atoms with Crippen LogP contribution < -0.4 is 5.32 Å². The van der Waals surface area contributed by atoms with Gasteiger partial charge in [-0.2, -0.15) is 0 Å². The van der Waals surface area contributed by atoms with Crippen LogP contribution in [0.1, 0.15) is 41.0 Å². The average molecular weight is 265 g/mol. The molecule has 102 valence electrons. The van der Waals surface area contributed by atoms with Crippen molar-refractivity contribution in [3.8, 4) is 0 Å². The van der Waals surface area contributed by atoms with E-state index in [0.29, 0.717) is 17.5 Å². The Morgan fingerprint density at radius 1 is 1.26 bits per heavy atom. The molecule has 0 saturated heterocycles. The van der Waals surface area contributed by atoms with Gasteiger partial charge in [0.05, 0.1) is 11.1 Å². The molecule has 6 heteroatoms. The van der Waals surface area contributed by atoms with Crippen LogP contribution in [0.2, 0.25) is 0 Å². The molecule has 19 heavy (non-hydrogen) atoms. The van der Waals surface area contributed by atoms with Gasteiger partial charge in [0, 0.05) is 13.3 Å². The minimum Gasteiger partial charge on any atom is -0.436 e. The Hall–Kier alpha value is -2.21. The molecule has 1 aliphatic rings. The van der Waals surface area contributed by atoms with Crippen LogP contribution in [-0.4, -0.2) is 29.2 Å². The standard InChI is InChI=1S/C8H5NO2.C5H10O3/c10-7-5-3-1-2-4-6(5)8(11)9-7;1-3-5(7)8-4(2)6/h1-4H,(H,9,10,11);5,7H,3H2,1-2H3. The fourth-order valence-electron chi connectivity index (χ4n) is 1.39. The third kappa shape index (κ3) is 4.18. The Bertz CT molecular complexity index is 465. The maximum Gasteiger partial charge on any atom is 0.304 e. The summed E-state index contributed by atoms with van der Waals surface area (Å²) in [6.45, 7) is 2.99. The number of fused-ring (bicyclic) bond motifs is 1. The first-order chi connectivity index (χ1) is 8.95. The number of carbonyl (C=O) groups is 3. The lowest BCUT2D eigenvalue weighted by atomic mass is 10.1. The molecule has 2 N–H and O–H groups in total. The molecule has 0 bridgehead atoms. The Morgan fingerprint density at radius 3 is 2.05 bits per heavy atom. The molecule has 0 spiro atoms.